The van der Waals surface area contributed by atoms with E-state index in [1.54, 1.807) is 6.07 Å². The molecule has 4 fully saturated rings. The molecule has 4 aliphatic rings. The molecule has 1 aromatic carbocycles. The van der Waals surface area contributed by atoms with Crippen LogP contribution in [0.2, 0.25) is 0 Å². The summed E-state index contributed by atoms with van der Waals surface area (Å²) < 4.78 is 0. The van der Waals surface area contributed by atoms with Gasteiger partial charge in [0.1, 0.15) is 5.52 Å². The Labute approximate surface area is 152 Å². The number of rotatable bonds is 3. The number of pyridine rings is 1. The molecule has 1 heterocycles. The molecule has 5 heteroatoms. The highest BCUT2D eigenvalue weighted by molar-refractivity contribution is 6.00. The molecular formula is C21H22N2O3. The molecule has 4 aliphatic carbocycles. The first-order valence-corrected chi connectivity index (χ1v) is 9.54. The van der Waals surface area contributed by atoms with Crippen LogP contribution in [0.1, 0.15) is 61.5 Å². The van der Waals surface area contributed by atoms with Crippen LogP contribution in [0.5, 0.6) is 0 Å². The van der Waals surface area contributed by atoms with Gasteiger partial charge in [-0.15, -0.1) is 0 Å². The molecule has 0 spiro atoms. The van der Waals surface area contributed by atoms with Crippen molar-refractivity contribution >= 4 is 22.4 Å². The average molecular weight is 350 g/mol. The van der Waals surface area contributed by atoms with Crippen molar-refractivity contribution in [2.24, 2.45) is 17.8 Å². The van der Waals surface area contributed by atoms with Crippen LogP contribution in [0.15, 0.2) is 24.3 Å². The van der Waals surface area contributed by atoms with Gasteiger partial charge < -0.3 is 0 Å². The predicted octanol–water partition coefficient (Wildman–Crippen LogP) is 4.81. The molecule has 0 radical (unpaired) electrons. The summed E-state index contributed by atoms with van der Waals surface area (Å²) in [7, 11) is 0. The van der Waals surface area contributed by atoms with Gasteiger partial charge in [-0.2, -0.15) is 0 Å². The van der Waals surface area contributed by atoms with Crippen molar-refractivity contribution in [2.75, 3.05) is 0 Å². The number of nitro benzene ring substituents is 1. The summed E-state index contributed by atoms with van der Waals surface area (Å²) in [6, 6.07) is 7.08. The van der Waals surface area contributed by atoms with E-state index in [1.807, 2.05) is 6.07 Å². The van der Waals surface area contributed by atoms with Crippen LogP contribution < -0.4 is 0 Å². The predicted molar refractivity (Wildman–Crippen MR) is 98.3 cm³/mol. The number of Topliss-reactive ketones (excluding diaryl/α,β-unsaturated/α-hetero) is 1. The van der Waals surface area contributed by atoms with Crippen LogP contribution in [-0.4, -0.2) is 15.7 Å². The van der Waals surface area contributed by atoms with Crippen molar-refractivity contribution in [3.8, 4) is 0 Å². The first kappa shape index (κ1) is 15.9. The molecule has 5 nitrogen and oxygen atoms in total. The Balaban J connectivity index is 1.66. The van der Waals surface area contributed by atoms with E-state index in [4.69, 9.17) is 4.98 Å². The standard InChI is InChI=1S/C21H22N2O3/c1-12(24)17-7-16-2-3-19(22-20(16)18(8-17)23(25)26)21-9-13-4-14(10-21)6-15(5-13)11-21/h2-3,7-8,13-15H,4-6,9-11H2,1H3. The maximum Gasteiger partial charge on any atom is 0.296 e. The zero-order chi connectivity index (χ0) is 18.1. The molecule has 4 saturated carbocycles. The molecule has 2 aromatic rings. The van der Waals surface area contributed by atoms with E-state index in [1.165, 1.54) is 51.5 Å². The molecule has 4 bridgehead atoms. The first-order chi connectivity index (χ1) is 12.4. The van der Waals surface area contributed by atoms with Crippen molar-refractivity contribution < 1.29 is 9.72 Å². The highest BCUT2D eigenvalue weighted by Gasteiger charge is 2.52. The molecule has 134 valence electrons. The molecule has 6 rings (SSSR count). The van der Waals surface area contributed by atoms with Gasteiger partial charge in [0, 0.05) is 28.1 Å². The number of non-ortho nitro benzene ring substituents is 1. The minimum atomic E-state index is -0.411. The fourth-order valence-corrected chi connectivity index (χ4v) is 6.28. The Morgan fingerprint density at radius 1 is 1.12 bits per heavy atom. The Bertz CT molecular complexity index is 914. The van der Waals surface area contributed by atoms with Gasteiger partial charge >= 0.3 is 0 Å². The highest BCUT2D eigenvalue weighted by atomic mass is 16.6. The lowest BCUT2D eigenvalue weighted by Gasteiger charge is -2.56. The lowest BCUT2D eigenvalue weighted by atomic mass is 9.49. The van der Waals surface area contributed by atoms with Crippen molar-refractivity contribution in [3.63, 3.8) is 0 Å². The molecule has 0 amide bonds. The smallest absolute Gasteiger partial charge is 0.295 e. The van der Waals surface area contributed by atoms with Crippen molar-refractivity contribution in [1.29, 1.82) is 0 Å². The van der Waals surface area contributed by atoms with Gasteiger partial charge in [0.15, 0.2) is 5.78 Å². The third-order valence-electron chi connectivity index (χ3n) is 6.96. The largest absolute Gasteiger partial charge is 0.296 e. The summed E-state index contributed by atoms with van der Waals surface area (Å²) in [6.45, 7) is 1.43. The Kier molecular flexibility index (Phi) is 3.27. The number of fused-ring (bicyclic) bond motifs is 1. The van der Waals surface area contributed by atoms with Crippen LogP contribution in [0.25, 0.3) is 10.9 Å². The van der Waals surface area contributed by atoms with E-state index in [0.717, 1.165) is 23.4 Å². The van der Waals surface area contributed by atoms with Gasteiger partial charge in [-0.1, -0.05) is 6.07 Å². The van der Waals surface area contributed by atoms with E-state index in [2.05, 4.69) is 6.07 Å². The monoisotopic (exact) mass is 350 g/mol. The lowest BCUT2D eigenvalue weighted by molar-refractivity contribution is -0.383. The van der Waals surface area contributed by atoms with Crippen LogP contribution in [0, 0.1) is 27.9 Å². The number of aromatic nitrogens is 1. The summed E-state index contributed by atoms with van der Waals surface area (Å²) in [5.41, 5.74) is 1.87. The molecular weight excluding hydrogens is 328 g/mol. The second kappa shape index (κ2) is 5.35. The summed E-state index contributed by atoms with van der Waals surface area (Å²) in [6.07, 6.45) is 7.60. The minimum Gasteiger partial charge on any atom is -0.295 e. The number of nitro groups is 1. The molecule has 0 aliphatic heterocycles. The summed E-state index contributed by atoms with van der Waals surface area (Å²) in [4.78, 5) is 27.7. The van der Waals surface area contributed by atoms with Gasteiger partial charge in [0.25, 0.3) is 5.69 Å². The van der Waals surface area contributed by atoms with Crippen LogP contribution in [0.4, 0.5) is 5.69 Å². The van der Waals surface area contributed by atoms with Crippen LogP contribution >= 0.6 is 0 Å². The molecule has 0 N–H and O–H groups in total. The number of hydrogen-bond donors (Lipinski definition) is 0. The van der Waals surface area contributed by atoms with Gasteiger partial charge in [-0.3, -0.25) is 14.9 Å². The van der Waals surface area contributed by atoms with E-state index in [0.29, 0.717) is 16.5 Å². The number of nitrogens with zero attached hydrogens (tertiary/aromatic N) is 2. The number of benzene rings is 1. The first-order valence-electron chi connectivity index (χ1n) is 9.54. The zero-order valence-corrected chi connectivity index (χ0v) is 14.9. The summed E-state index contributed by atoms with van der Waals surface area (Å²) in [5.74, 6) is 2.23. The zero-order valence-electron chi connectivity index (χ0n) is 14.9. The Hall–Kier alpha value is -2.30. The van der Waals surface area contributed by atoms with Crippen molar-refractivity contribution in [1.82, 2.24) is 4.98 Å². The topological polar surface area (TPSA) is 73.1 Å². The van der Waals surface area contributed by atoms with Crippen LogP contribution in [0.3, 0.4) is 0 Å². The second-order valence-corrected chi connectivity index (χ2v) is 8.77. The molecule has 26 heavy (non-hydrogen) atoms. The number of hydrogen-bond acceptors (Lipinski definition) is 4. The Morgan fingerprint density at radius 2 is 1.73 bits per heavy atom. The Morgan fingerprint density at radius 3 is 2.27 bits per heavy atom. The van der Waals surface area contributed by atoms with Crippen LogP contribution in [-0.2, 0) is 5.41 Å². The van der Waals surface area contributed by atoms with Gasteiger partial charge in [-0.25, -0.2) is 4.98 Å². The van der Waals surface area contributed by atoms with E-state index in [-0.39, 0.29) is 16.9 Å². The SMILES string of the molecule is CC(=O)c1cc([N+](=O)[O-])c2nc(C34CC5CC(CC(C5)C3)C4)ccc2c1. The second-order valence-electron chi connectivity index (χ2n) is 8.77. The summed E-state index contributed by atoms with van der Waals surface area (Å²) in [5, 5.41) is 12.3. The molecule has 0 saturated heterocycles. The average Bonchev–Trinajstić information content (AvgIpc) is 2.58. The van der Waals surface area contributed by atoms with Crippen molar-refractivity contribution in [3.05, 3.63) is 45.6 Å². The third kappa shape index (κ3) is 2.29. The quantitative estimate of drug-likeness (QED) is 0.452. The third-order valence-corrected chi connectivity index (χ3v) is 6.96. The molecule has 0 atom stereocenters. The van der Waals surface area contributed by atoms with E-state index >= 15 is 0 Å². The minimum absolute atomic E-state index is 0.0562. The molecule has 1 aromatic heterocycles. The lowest BCUT2D eigenvalue weighted by Crippen LogP contribution is -2.48. The normalized spacial score (nSPS) is 32.1. The van der Waals surface area contributed by atoms with Gasteiger partial charge in [0.2, 0.25) is 0 Å². The fourth-order valence-electron chi connectivity index (χ4n) is 6.28. The maximum absolute atomic E-state index is 11.7. The summed E-state index contributed by atoms with van der Waals surface area (Å²) >= 11 is 0. The van der Waals surface area contributed by atoms with Crippen molar-refractivity contribution in [2.45, 2.75) is 50.9 Å². The number of carbonyl (C=O) groups excluding carboxylic acids is 1. The van der Waals surface area contributed by atoms with Gasteiger partial charge in [-0.05, 0) is 75.3 Å². The van der Waals surface area contributed by atoms with E-state index in [9.17, 15) is 14.9 Å². The number of ketones is 1. The van der Waals surface area contributed by atoms with Gasteiger partial charge in [0.05, 0.1) is 4.92 Å². The van der Waals surface area contributed by atoms with E-state index < -0.39 is 4.92 Å². The highest BCUT2D eigenvalue weighted by Crippen LogP contribution is 2.60. The maximum atomic E-state index is 11.7. The fraction of sp³-hybridized carbons (Fsp3) is 0.524. The molecule has 0 unspecified atom stereocenters. The number of carbonyl (C=O) groups is 1.